The molecule has 2 heterocycles. The highest BCUT2D eigenvalue weighted by atomic mass is 19.4. The second kappa shape index (κ2) is 9.77. The molecule has 0 aromatic heterocycles. The molecule has 0 spiro atoms. The normalized spacial score (nSPS) is 26.2. The van der Waals surface area contributed by atoms with Crippen LogP contribution in [0.4, 0.5) is 18.9 Å². The molecular weight excluding hydrogens is 531 g/mol. The van der Waals surface area contributed by atoms with E-state index in [2.05, 4.69) is 10.6 Å². The van der Waals surface area contributed by atoms with Gasteiger partial charge in [0.05, 0.1) is 5.92 Å². The number of carbonyl (C=O) groups is 5. The Balaban J connectivity index is 1.57. The van der Waals surface area contributed by atoms with Crippen molar-refractivity contribution >= 4 is 35.2 Å². The van der Waals surface area contributed by atoms with E-state index in [1.54, 1.807) is 29.6 Å². The summed E-state index contributed by atoms with van der Waals surface area (Å²) in [5.74, 6) is -6.18. The minimum atomic E-state index is -5.20. The van der Waals surface area contributed by atoms with E-state index in [-0.39, 0.29) is 36.1 Å². The minimum absolute atomic E-state index is 0.0999. The van der Waals surface area contributed by atoms with E-state index in [1.807, 2.05) is 13.8 Å². The number of benzene rings is 1. The maximum Gasteiger partial charge on any atom is 0.471 e. The van der Waals surface area contributed by atoms with E-state index in [0.29, 0.717) is 11.3 Å². The number of nitrogens with two attached hydrogens (primary N) is 1. The zero-order valence-electron chi connectivity index (χ0n) is 22.9. The van der Waals surface area contributed by atoms with Gasteiger partial charge in [-0.15, -0.1) is 0 Å². The Bertz CT molecular complexity index is 1260. The summed E-state index contributed by atoms with van der Waals surface area (Å²) in [5.41, 5.74) is 5.40. The fraction of sp³-hybridized carbons (Fsp3) is 0.593. The van der Waals surface area contributed by atoms with E-state index in [0.717, 1.165) is 0 Å². The molecule has 1 saturated carbocycles. The number of nitrogens with one attached hydrogen (secondary N) is 3. The van der Waals surface area contributed by atoms with Crippen LogP contribution in [-0.2, 0) is 24.0 Å². The number of rotatable bonds is 7. The predicted molar refractivity (Wildman–Crippen MR) is 137 cm³/mol. The number of primary amides is 1. The molecule has 1 aromatic carbocycles. The van der Waals surface area contributed by atoms with Crippen molar-refractivity contribution in [2.24, 2.45) is 28.4 Å². The van der Waals surface area contributed by atoms with E-state index >= 15 is 0 Å². The first-order chi connectivity index (χ1) is 18.4. The van der Waals surface area contributed by atoms with Crippen LogP contribution < -0.4 is 21.7 Å². The number of hydrogen-bond acceptors (Lipinski definition) is 5. The largest absolute Gasteiger partial charge is 0.471 e. The summed E-state index contributed by atoms with van der Waals surface area (Å²) < 4.78 is 39.1. The van der Waals surface area contributed by atoms with E-state index in [9.17, 15) is 37.1 Å². The van der Waals surface area contributed by atoms with Crippen molar-refractivity contribution < 1.29 is 37.1 Å². The minimum Gasteiger partial charge on any atom is -0.368 e. The second-order valence-corrected chi connectivity index (χ2v) is 12.5. The number of piperidine rings is 1. The van der Waals surface area contributed by atoms with Crippen molar-refractivity contribution in [2.75, 3.05) is 11.9 Å². The molecule has 40 heavy (non-hydrogen) atoms. The van der Waals surface area contributed by atoms with Gasteiger partial charge in [-0.1, -0.05) is 52.8 Å². The summed E-state index contributed by atoms with van der Waals surface area (Å²) >= 11 is 0. The van der Waals surface area contributed by atoms with Gasteiger partial charge in [-0.2, -0.15) is 13.2 Å². The highest BCUT2D eigenvalue weighted by molar-refractivity contribution is 6.03. The van der Waals surface area contributed by atoms with E-state index in [4.69, 9.17) is 5.73 Å². The van der Waals surface area contributed by atoms with Gasteiger partial charge in [-0.05, 0) is 40.7 Å². The highest BCUT2D eigenvalue weighted by Crippen LogP contribution is 2.65. The molecule has 13 heteroatoms. The van der Waals surface area contributed by atoms with Crippen LogP contribution in [0.3, 0.4) is 0 Å². The Morgan fingerprint density at radius 1 is 1.12 bits per heavy atom. The molecule has 2 aliphatic heterocycles. The lowest BCUT2D eigenvalue weighted by molar-refractivity contribution is -0.176. The highest BCUT2D eigenvalue weighted by Gasteiger charge is 2.70. The average Bonchev–Trinajstić information content (AvgIpc) is 3.15. The number of para-hydroxylation sites is 1. The topological polar surface area (TPSA) is 151 Å². The van der Waals surface area contributed by atoms with Crippen LogP contribution in [-0.4, -0.2) is 65.3 Å². The third kappa shape index (κ3) is 5.25. The van der Waals surface area contributed by atoms with Crippen LogP contribution >= 0.6 is 0 Å². The number of nitrogens with zero attached hydrogens (tertiary/aromatic N) is 1. The summed E-state index contributed by atoms with van der Waals surface area (Å²) in [5, 5.41) is 7.13. The molecule has 1 saturated heterocycles. The van der Waals surface area contributed by atoms with Gasteiger partial charge in [0.2, 0.25) is 23.6 Å². The van der Waals surface area contributed by atoms with E-state index in [1.165, 1.54) is 25.7 Å². The molecule has 2 fully saturated rings. The zero-order valence-corrected chi connectivity index (χ0v) is 22.9. The Kier molecular flexibility index (Phi) is 7.17. The summed E-state index contributed by atoms with van der Waals surface area (Å²) in [6, 6.07) is 3.01. The molecule has 3 aliphatic rings. The van der Waals surface area contributed by atoms with Crippen LogP contribution in [0.5, 0.6) is 0 Å². The third-order valence-electron chi connectivity index (χ3n) is 8.45. The van der Waals surface area contributed by atoms with Gasteiger partial charge in [-0.25, -0.2) is 0 Å². The number of anilines is 1. The molecule has 4 rings (SSSR count). The first-order valence-electron chi connectivity index (χ1n) is 13.0. The smallest absolute Gasteiger partial charge is 0.368 e. The molecule has 1 aromatic rings. The van der Waals surface area contributed by atoms with Crippen LogP contribution in [0.2, 0.25) is 0 Å². The van der Waals surface area contributed by atoms with Crippen LogP contribution in [0.1, 0.15) is 52.5 Å². The van der Waals surface area contributed by atoms with Gasteiger partial charge >= 0.3 is 12.1 Å². The van der Waals surface area contributed by atoms with Gasteiger partial charge in [0.1, 0.15) is 18.1 Å². The quantitative estimate of drug-likeness (QED) is 0.397. The number of carbonyl (C=O) groups excluding carboxylic acids is 5. The monoisotopic (exact) mass is 565 g/mol. The van der Waals surface area contributed by atoms with Crippen LogP contribution in [0.15, 0.2) is 24.3 Å². The van der Waals surface area contributed by atoms with Crippen LogP contribution in [0.25, 0.3) is 0 Å². The zero-order chi connectivity index (χ0) is 29.9. The summed E-state index contributed by atoms with van der Waals surface area (Å²) in [4.78, 5) is 65.3. The summed E-state index contributed by atoms with van der Waals surface area (Å²) in [7, 11) is 0. The molecule has 10 nitrogen and oxygen atoms in total. The molecule has 1 unspecified atom stereocenters. The maximum atomic E-state index is 13.7. The number of fused-ring (bicyclic) bond motifs is 2. The van der Waals surface area contributed by atoms with Crippen molar-refractivity contribution in [1.82, 2.24) is 15.5 Å². The second-order valence-electron chi connectivity index (χ2n) is 12.5. The van der Waals surface area contributed by atoms with Gasteiger partial charge in [0.25, 0.3) is 0 Å². The predicted octanol–water partition coefficient (Wildman–Crippen LogP) is 1.66. The van der Waals surface area contributed by atoms with Gasteiger partial charge in [-0.3, -0.25) is 24.0 Å². The molecule has 0 radical (unpaired) electrons. The molecule has 1 aliphatic carbocycles. The first kappa shape index (κ1) is 29.3. The fourth-order valence-corrected chi connectivity index (χ4v) is 6.09. The fourth-order valence-electron chi connectivity index (χ4n) is 6.09. The first-order valence-corrected chi connectivity index (χ1v) is 13.0. The van der Waals surface area contributed by atoms with Gasteiger partial charge in [0.15, 0.2) is 0 Å². The maximum absolute atomic E-state index is 13.7. The Labute approximate surface area is 229 Å². The van der Waals surface area contributed by atoms with Crippen molar-refractivity contribution in [3.63, 3.8) is 0 Å². The molecule has 0 bridgehead atoms. The summed E-state index contributed by atoms with van der Waals surface area (Å²) in [6.45, 7) is 8.47. The SMILES string of the molecule is CC(C)(C)[C@H](NC(=O)C(F)(F)F)C(=O)N1C[C@H]2[C@@H]([C@H]1C(=O)N[C@@H](CC1C(=O)Nc3ccccc31)C(N)=O)C2(C)C. The molecule has 6 atom stereocenters. The lowest BCUT2D eigenvalue weighted by atomic mass is 9.85. The lowest BCUT2D eigenvalue weighted by Gasteiger charge is -2.38. The van der Waals surface area contributed by atoms with Crippen molar-refractivity contribution in [1.29, 1.82) is 0 Å². The average molecular weight is 566 g/mol. The standard InChI is InChI=1S/C27H34F3N5O5/c1-25(2,3)19(34-24(40)27(28,29)30)23(39)35-11-14-17(26(14,4)5)18(35)22(38)33-16(20(31)36)10-13-12-8-6-7-9-15(12)32-21(13)37/h6-9,13-14,16-19H,10-11H2,1-5H3,(H2,31,36)(H,32,37)(H,33,38)(H,34,40)/t13?,14-,16-,17-,18-,19+/m0/s1. The van der Waals surface area contributed by atoms with Crippen molar-refractivity contribution in [3.8, 4) is 0 Å². The van der Waals surface area contributed by atoms with Crippen LogP contribution in [0, 0.1) is 22.7 Å². The molecule has 5 N–H and O–H groups in total. The molecule has 5 amide bonds. The Hall–Kier alpha value is -3.64. The number of hydrogen-bond donors (Lipinski definition) is 4. The third-order valence-corrected chi connectivity index (χ3v) is 8.45. The summed E-state index contributed by atoms with van der Waals surface area (Å²) in [6.07, 6.45) is -5.32. The number of alkyl halides is 3. The molecular formula is C27H34F3N5O5. The van der Waals surface area contributed by atoms with Crippen molar-refractivity contribution in [3.05, 3.63) is 29.8 Å². The lowest BCUT2D eigenvalue weighted by Crippen LogP contribution is -2.61. The molecule has 218 valence electrons. The van der Waals surface area contributed by atoms with Gasteiger partial charge < -0.3 is 26.6 Å². The Morgan fingerprint density at radius 2 is 1.75 bits per heavy atom. The number of amides is 5. The van der Waals surface area contributed by atoms with E-state index < -0.39 is 59.3 Å². The Morgan fingerprint density at radius 3 is 2.33 bits per heavy atom. The van der Waals surface area contributed by atoms with Crippen molar-refractivity contribution in [2.45, 2.75) is 71.3 Å². The van der Waals surface area contributed by atoms with Gasteiger partial charge in [0, 0.05) is 12.2 Å². The number of likely N-dealkylation sites (tertiary alicyclic amines) is 1. The number of halogens is 3.